The van der Waals surface area contributed by atoms with Gasteiger partial charge in [0.1, 0.15) is 0 Å². The van der Waals surface area contributed by atoms with Gasteiger partial charge < -0.3 is 15.5 Å². The summed E-state index contributed by atoms with van der Waals surface area (Å²) in [5, 5.41) is 6.59. The first kappa shape index (κ1) is 16.2. The predicted molar refractivity (Wildman–Crippen MR) is 86.9 cm³/mol. The summed E-state index contributed by atoms with van der Waals surface area (Å²) in [5.74, 6) is -0.0742. The van der Waals surface area contributed by atoms with Crippen molar-refractivity contribution in [1.82, 2.24) is 15.1 Å². The number of amides is 1. The molecule has 1 heterocycles. The number of anilines is 1. The number of carbonyl (C=O) groups excluding carboxylic acids is 1. The molecule has 1 aliphatic rings. The number of para-hydroxylation sites is 1. The predicted octanol–water partition coefficient (Wildman–Crippen LogP) is 1.11. The molecule has 1 saturated heterocycles. The van der Waals surface area contributed by atoms with Gasteiger partial charge in [-0.15, -0.1) is 0 Å². The number of hydrogen-bond donors (Lipinski definition) is 2. The van der Waals surface area contributed by atoms with Crippen LogP contribution in [0.1, 0.15) is 0 Å². The van der Waals surface area contributed by atoms with Crippen molar-refractivity contribution in [3.8, 4) is 0 Å². The lowest BCUT2D eigenvalue weighted by atomic mass is 10.2. The smallest absolute Gasteiger partial charge is 0.238 e. The van der Waals surface area contributed by atoms with Gasteiger partial charge in [-0.25, -0.2) is 0 Å². The van der Waals surface area contributed by atoms with Gasteiger partial charge >= 0.3 is 0 Å². The van der Waals surface area contributed by atoms with E-state index in [1.165, 1.54) is 0 Å². The fourth-order valence-corrected chi connectivity index (χ4v) is 2.61. The Morgan fingerprint density at radius 1 is 1.33 bits per heavy atom. The molecule has 0 bridgehead atoms. The highest BCUT2D eigenvalue weighted by molar-refractivity contribution is 6.33. The first-order chi connectivity index (χ1) is 10.1. The van der Waals surface area contributed by atoms with E-state index < -0.39 is 0 Å². The second-order valence-corrected chi connectivity index (χ2v) is 5.96. The van der Waals surface area contributed by atoms with Crippen molar-refractivity contribution < 1.29 is 4.79 Å². The molecule has 21 heavy (non-hydrogen) atoms. The zero-order chi connectivity index (χ0) is 15.2. The molecule has 1 fully saturated rings. The third-order valence-electron chi connectivity index (χ3n) is 3.79. The van der Waals surface area contributed by atoms with Gasteiger partial charge in [-0.3, -0.25) is 9.69 Å². The molecular formula is C15H23ClN4O. The Morgan fingerprint density at radius 3 is 2.86 bits per heavy atom. The maximum absolute atomic E-state index is 11.9. The monoisotopic (exact) mass is 310 g/mol. The summed E-state index contributed by atoms with van der Waals surface area (Å²) in [6.07, 6.45) is 0. The first-order valence-electron chi connectivity index (χ1n) is 7.20. The van der Waals surface area contributed by atoms with Crippen molar-refractivity contribution in [2.45, 2.75) is 6.04 Å². The van der Waals surface area contributed by atoms with Crippen molar-refractivity contribution in [2.24, 2.45) is 0 Å². The van der Waals surface area contributed by atoms with Gasteiger partial charge in [-0.05, 0) is 26.2 Å². The van der Waals surface area contributed by atoms with E-state index in [2.05, 4.69) is 34.5 Å². The molecule has 1 atom stereocenters. The quantitative estimate of drug-likeness (QED) is 0.855. The van der Waals surface area contributed by atoms with Crippen LogP contribution in [0.3, 0.4) is 0 Å². The molecule has 1 aliphatic heterocycles. The van der Waals surface area contributed by atoms with Gasteiger partial charge in [0.05, 0.1) is 17.3 Å². The van der Waals surface area contributed by atoms with E-state index in [4.69, 9.17) is 11.6 Å². The van der Waals surface area contributed by atoms with Crippen LogP contribution < -0.4 is 10.6 Å². The van der Waals surface area contributed by atoms with Crippen molar-refractivity contribution in [3.63, 3.8) is 0 Å². The van der Waals surface area contributed by atoms with Crippen LogP contribution in [0.15, 0.2) is 24.3 Å². The summed E-state index contributed by atoms with van der Waals surface area (Å²) < 4.78 is 0. The minimum atomic E-state index is -0.0742. The van der Waals surface area contributed by atoms with Crippen LogP contribution in [0.25, 0.3) is 0 Å². The molecule has 1 aromatic carbocycles. The van der Waals surface area contributed by atoms with Crippen LogP contribution in [-0.2, 0) is 4.79 Å². The third-order valence-corrected chi connectivity index (χ3v) is 4.12. The molecule has 2 rings (SSSR count). The molecule has 1 unspecified atom stereocenters. The standard InChI is InChI=1S/C15H23ClN4O/c1-19-7-8-20(2)12(11-19)9-17-10-15(21)18-14-6-4-3-5-13(14)16/h3-6,12,17H,7-11H2,1-2H3,(H,18,21). The average Bonchev–Trinajstić information content (AvgIpc) is 2.45. The molecule has 0 aromatic heterocycles. The first-order valence-corrected chi connectivity index (χ1v) is 7.58. The van der Waals surface area contributed by atoms with Gasteiger partial charge in [-0.1, -0.05) is 23.7 Å². The van der Waals surface area contributed by atoms with Crippen LogP contribution in [0, 0.1) is 0 Å². The van der Waals surface area contributed by atoms with E-state index >= 15 is 0 Å². The molecule has 0 spiro atoms. The Hall–Kier alpha value is -1.14. The lowest BCUT2D eigenvalue weighted by Gasteiger charge is -2.37. The SMILES string of the molecule is CN1CCN(C)C(CNCC(=O)Nc2ccccc2Cl)C1. The number of hydrogen-bond acceptors (Lipinski definition) is 4. The van der Waals surface area contributed by atoms with Crippen LogP contribution >= 0.6 is 11.6 Å². The number of halogens is 1. The van der Waals surface area contributed by atoms with Gasteiger partial charge in [0.25, 0.3) is 0 Å². The Kier molecular flexibility index (Phi) is 5.99. The number of rotatable bonds is 5. The zero-order valence-electron chi connectivity index (χ0n) is 12.6. The van der Waals surface area contributed by atoms with E-state index in [1.807, 2.05) is 12.1 Å². The highest BCUT2D eigenvalue weighted by atomic mass is 35.5. The number of benzene rings is 1. The molecule has 116 valence electrons. The molecule has 2 N–H and O–H groups in total. The van der Waals surface area contributed by atoms with E-state index in [0.717, 1.165) is 26.2 Å². The highest BCUT2D eigenvalue weighted by Gasteiger charge is 2.21. The van der Waals surface area contributed by atoms with Gasteiger partial charge in [0, 0.05) is 32.2 Å². The Balaban J connectivity index is 1.73. The molecule has 0 saturated carbocycles. The Bertz CT molecular complexity index is 482. The largest absolute Gasteiger partial charge is 0.324 e. The van der Waals surface area contributed by atoms with Crippen molar-refractivity contribution >= 4 is 23.2 Å². The van der Waals surface area contributed by atoms with Crippen LogP contribution in [0.2, 0.25) is 5.02 Å². The number of carbonyl (C=O) groups is 1. The van der Waals surface area contributed by atoms with E-state index in [0.29, 0.717) is 23.3 Å². The van der Waals surface area contributed by atoms with E-state index in [1.54, 1.807) is 12.1 Å². The molecule has 1 aromatic rings. The second kappa shape index (κ2) is 7.75. The summed E-state index contributed by atoms with van der Waals surface area (Å²) >= 11 is 6.01. The van der Waals surface area contributed by atoms with Gasteiger partial charge in [0.15, 0.2) is 0 Å². The summed E-state index contributed by atoms with van der Waals surface area (Å²) in [6, 6.07) is 7.69. The van der Waals surface area contributed by atoms with Crippen LogP contribution in [-0.4, -0.2) is 68.6 Å². The topological polar surface area (TPSA) is 47.6 Å². The Labute approximate surface area is 131 Å². The molecular weight excluding hydrogens is 288 g/mol. The molecule has 6 heteroatoms. The summed E-state index contributed by atoms with van der Waals surface area (Å²) in [6.45, 7) is 4.28. The fourth-order valence-electron chi connectivity index (χ4n) is 2.43. The molecule has 0 aliphatic carbocycles. The van der Waals surface area contributed by atoms with E-state index in [-0.39, 0.29) is 5.91 Å². The van der Waals surface area contributed by atoms with Gasteiger partial charge in [-0.2, -0.15) is 0 Å². The van der Waals surface area contributed by atoms with Crippen molar-refractivity contribution in [3.05, 3.63) is 29.3 Å². The number of piperazine rings is 1. The molecule has 1 amide bonds. The van der Waals surface area contributed by atoms with Crippen molar-refractivity contribution in [2.75, 3.05) is 52.1 Å². The third kappa shape index (κ3) is 4.97. The zero-order valence-corrected chi connectivity index (χ0v) is 13.4. The van der Waals surface area contributed by atoms with Crippen molar-refractivity contribution in [1.29, 1.82) is 0 Å². The fraction of sp³-hybridized carbons (Fsp3) is 0.533. The normalized spacial score (nSPS) is 20.4. The average molecular weight is 311 g/mol. The number of nitrogens with one attached hydrogen (secondary N) is 2. The summed E-state index contributed by atoms with van der Waals surface area (Å²) in [5.41, 5.74) is 0.653. The van der Waals surface area contributed by atoms with Gasteiger partial charge in [0.2, 0.25) is 5.91 Å². The van der Waals surface area contributed by atoms with Crippen LogP contribution in [0.4, 0.5) is 5.69 Å². The second-order valence-electron chi connectivity index (χ2n) is 5.56. The van der Waals surface area contributed by atoms with Crippen LogP contribution in [0.5, 0.6) is 0 Å². The highest BCUT2D eigenvalue weighted by Crippen LogP contribution is 2.19. The lowest BCUT2D eigenvalue weighted by Crippen LogP contribution is -2.54. The maximum Gasteiger partial charge on any atom is 0.238 e. The number of likely N-dealkylation sites (N-methyl/N-ethyl adjacent to an activating group) is 2. The number of nitrogens with zero attached hydrogens (tertiary/aromatic N) is 2. The molecule has 5 nitrogen and oxygen atoms in total. The lowest BCUT2D eigenvalue weighted by molar-refractivity contribution is -0.115. The Morgan fingerprint density at radius 2 is 2.10 bits per heavy atom. The maximum atomic E-state index is 11.9. The minimum Gasteiger partial charge on any atom is -0.324 e. The molecule has 0 radical (unpaired) electrons. The van der Waals surface area contributed by atoms with E-state index in [9.17, 15) is 4.79 Å². The summed E-state index contributed by atoms with van der Waals surface area (Å²) in [7, 11) is 4.26. The minimum absolute atomic E-state index is 0.0742. The summed E-state index contributed by atoms with van der Waals surface area (Å²) in [4.78, 5) is 16.5.